The van der Waals surface area contributed by atoms with Crippen molar-refractivity contribution < 1.29 is 9.90 Å². The van der Waals surface area contributed by atoms with Gasteiger partial charge in [-0.3, -0.25) is 0 Å². The lowest BCUT2D eigenvalue weighted by Crippen LogP contribution is -2.24. The summed E-state index contributed by atoms with van der Waals surface area (Å²) in [5, 5.41) is 16.7. The molecule has 2 unspecified atom stereocenters. The van der Waals surface area contributed by atoms with Crippen LogP contribution in [0.5, 0.6) is 0 Å². The summed E-state index contributed by atoms with van der Waals surface area (Å²) in [6, 6.07) is 0.300. The zero-order valence-electron chi connectivity index (χ0n) is 10.6. The summed E-state index contributed by atoms with van der Waals surface area (Å²) in [7, 11) is 0. The SMILES string of the molecule is Cc1c(C(=O)O)nnn1C1CC(C)CC(C)C1. The summed E-state index contributed by atoms with van der Waals surface area (Å²) in [6.45, 7) is 6.27. The van der Waals surface area contributed by atoms with Crippen LogP contribution in [0.15, 0.2) is 0 Å². The first-order valence-corrected chi connectivity index (χ1v) is 6.14. The number of carbonyl (C=O) groups is 1. The minimum atomic E-state index is -0.995. The predicted molar refractivity (Wildman–Crippen MR) is 62.9 cm³/mol. The fourth-order valence-electron chi connectivity index (χ4n) is 2.99. The third-order valence-corrected chi connectivity index (χ3v) is 3.63. The van der Waals surface area contributed by atoms with E-state index in [-0.39, 0.29) is 5.69 Å². The highest BCUT2D eigenvalue weighted by atomic mass is 16.4. The van der Waals surface area contributed by atoms with Crippen LogP contribution in [0.2, 0.25) is 0 Å². The first kappa shape index (κ1) is 12.1. The fraction of sp³-hybridized carbons (Fsp3) is 0.750. The Balaban J connectivity index is 2.25. The van der Waals surface area contributed by atoms with Crippen LogP contribution in [0.4, 0.5) is 0 Å². The van der Waals surface area contributed by atoms with Gasteiger partial charge in [-0.2, -0.15) is 0 Å². The van der Waals surface area contributed by atoms with Crippen LogP contribution in [0.3, 0.4) is 0 Å². The second-order valence-electron chi connectivity index (χ2n) is 5.34. The summed E-state index contributed by atoms with van der Waals surface area (Å²) < 4.78 is 1.80. The third kappa shape index (κ3) is 2.33. The Morgan fingerprint density at radius 2 is 1.88 bits per heavy atom. The van der Waals surface area contributed by atoms with E-state index in [0.29, 0.717) is 23.6 Å². The molecule has 1 aromatic heterocycles. The van der Waals surface area contributed by atoms with Crippen LogP contribution < -0.4 is 0 Å². The zero-order valence-corrected chi connectivity index (χ0v) is 10.6. The number of hydrogen-bond acceptors (Lipinski definition) is 3. The van der Waals surface area contributed by atoms with Crippen LogP contribution in [-0.2, 0) is 0 Å². The van der Waals surface area contributed by atoms with Crippen molar-refractivity contribution in [3.8, 4) is 0 Å². The van der Waals surface area contributed by atoms with Crippen LogP contribution in [0.25, 0.3) is 0 Å². The molecule has 1 fully saturated rings. The molecule has 0 aromatic carbocycles. The summed E-state index contributed by atoms with van der Waals surface area (Å²) in [4.78, 5) is 10.9. The molecular weight excluding hydrogens is 218 g/mol. The van der Waals surface area contributed by atoms with Gasteiger partial charge in [0.2, 0.25) is 0 Å². The lowest BCUT2D eigenvalue weighted by Gasteiger charge is -2.31. The molecule has 5 heteroatoms. The molecule has 2 atom stereocenters. The van der Waals surface area contributed by atoms with E-state index in [2.05, 4.69) is 24.2 Å². The molecule has 1 aliphatic rings. The molecule has 0 aliphatic heterocycles. The van der Waals surface area contributed by atoms with E-state index in [0.717, 1.165) is 12.8 Å². The predicted octanol–water partition coefficient (Wildman–Crippen LogP) is 2.28. The number of aromatic carboxylic acids is 1. The van der Waals surface area contributed by atoms with Gasteiger partial charge in [-0.15, -0.1) is 5.10 Å². The average molecular weight is 237 g/mol. The lowest BCUT2D eigenvalue weighted by atomic mass is 9.80. The highest BCUT2D eigenvalue weighted by Crippen LogP contribution is 2.36. The van der Waals surface area contributed by atoms with Crippen molar-refractivity contribution in [2.45, 2.75) is 46.1 Å². The smallest absolute Gasteiger partial charge is 0.358 e. The Morgan fingerprint density at radius 1 is 1.29 bits per heavy atom. The molecule has 0 spiro atoms. The topological polar surface area (TPSA) is 68.0 Å². The molecule has 0 amide bonds. The van der Waals surface area contributed by atoms with Gasteiger partial charge in [-0.05, 0) is 38.0 Å². The number of aromatic nitrogens is 3. The molecule has 1 saturated carbocycles. The molecule has 1 heterocycles. The second-order valence-corrected chi connectivity index (χ2v) is 5.34. The number of carboxylic acids is 1. The molecule has 2 rings (SSSR count). The molecule has 94 valence electrons. The van der Waals surface area contributed by atoms with E-state index >= 15 is 0 Å². The minimum absolute atomic E-state index is 0.0795. The van der Waals surface area contributed by atoms with E-state index in [1.807, 2.05) is 0 Å². The van der Waals surface area contributed by atoms with Crippen molar-refractivity contribution in [1.29, 1.82) is 0 Å². The largest absolute Gasteiger partial charge is 0.476 e. The molecule has 0 bridgehead atoms. The average Bonchev–Trinajstić information content (AvgIpc) is 2.58. The van der Waals surface area contributed by atoms with Gasteiger partial charge in [-0.25, -0.2) is 9.48 Å². The van der Waals surface area contributed by atoms with Gasteiger partial charge < -0.3 is 5.11 Å². The van der Waals surface area contributed by atoms with E-state index in [9.17, 15) is 4.79 Å². The van der Waals surface area contributed by atoms with Gasteiger partial charge >= 0.3 is 5.97 Å². The standard InChI is InChI=1S/C12H19N3O2/c1-7-4-8(2)6-10(5-7)15-9(3)11(12(16)17)13-14-15/h7-8,10H,4-6H2,1-3H3,(H,16,17). The fourth-order valence-corrected chi connectivity index (χ4v) is 2.99. The number of hydrogen-bond donors (Lipinski definition) is 1. The summed E-state index contributed by atoms with van der Waals surface area (Å²) in [5.41, 5.74) is 0.750. The maximum absolute atomic E-state index is 10.9. The van der Waals surface area contributed by atoms with E-state index in [1.165, 1.54) is 6.42 Å². The van der Waals surface area contributed by atoms with E-state index < -0.39 is 5.97 Å². The van der Waals surface area contributed by atoms with Gasteiger partial charge in [0.25, 0.3) is 0 Å². The molecule has 1 N–H and O–H groups in total. The molecule has 0 radical (unpaired) electrons. The Hall–Kier alpha value is -1.39. The Labute approximate surface area is 101 Å². The van der Waals surface area contributed by atoms with Crippen LogP contribution in [-0.4, -0.2) is 26.1 Å². The molecule has 17 heavy (non-hydrogen) atoms. The van der Waals surface area contributed by atoms with Gasteiger partial charge in [0.15, 0.2) is 5.69 Å². The number of nitrogens with zero attached hydrogens (tertiary/aromatic N) is 3. The molecule has 0 saturated heterocycles. The van der Waals surface area contributed by atoms with Gasteiger partial charge in [0.1, 0.15) is 0 Å². The Kier molecular flexibility index (Phi) is 3.17. The second kappa shape index (κ2) is 4.47. The van der Waals surface area contributed by atoms with E-state index in [4.69, 9.17) is 5.11 Å². The number of rotatable bonds is 2. The van der Waals surface area contributed by atoms with Crippen LogP contribution in [0.1, 0.15) is 55.3 Å². The zero-order chi connectivity index (χ0) is 12.6. The molecule has 1 aromatic rings. The van der Waals surface area contributed by atoms with Crippen molar-refractivity contribution in [2.24, 2.45) is 11.8 Å². The first-order chi connectivity index (χ1) is 7.99. The Morgan fingerprint density at radius 3 is 2.35 bits per heavy atom. The summed E-state index contributed by atoms with van der Waals surface area (Å²) >= 11 is 0. The summed E-state index contributed by atoms with van der Waals surface area (Å²) in [5.74, 6) is 0.340. The van der Waals surface area contributed by atoms with Gasteiger partial charge in [0, 0.05) is 0 Å². The van der Waals surface area contributed by atoms with Crippen molar-refractivity contribution in [3.63, 3.8) is 0 Å². The van der Waals surface area contributed by atoms with Crippen LogP contribution in [0, 0.1) is 18.8 Å². The third-order valence-electron chi connectivity index (χ3n) is 3.63. The van der Waals surface area contributed by atoms with Gasteiger partial charge in [-0.1, -0.05) is 19.1 Å². The van der Waals surface area contributed by atoms with Crippen molar-refractivity contribution in [1.82, 2.24) is 15.0 Å². The van der Waals surface area contributed by atoms with Crippen molar-refractivity contribution in [3.05, 3.63) is 11.4 Å². The Bertz CT molecular complexity index is 417. The quantitative estimate of drug-likeness (QED) is 0.856. The summed E-state index contributed by atoms with van der Waals surface area (Å²) in [6.07, 6.45) is 3.37. The lowest BCUT2D eigenvalue weighted by molar-refractivity contribution is 0.0689. The molecular formula is C12H19N3O2. The van der Waals surface area contributed by atoms with Crippen LogP contribution >= 0.6 is 0 Å². The maximum Gasteiger partial charge on any atom is 0.358 e. The highest BCUT2D eigenvalue weighted by Gasteiger charge is 2.28. The maximum atomic E-state index is 10.9. The first-order valence-electron chi connectivity index (χ1n) is 6.14. The van der Waals surface area contributed by atoms with Crippen molar-refractivity contribution in [2.75, 3.05) is 0 Å². The van der Waals surface area contributed by atoms with E-state index in [1.54, 1.807) is 11.6 Å². The minimum Gasteiger partial charge on any atom is -0.476 e. The molecule has 1 aliphatic carbocycles. The number of carboxylic acid groups (broad SMARTS) is 1. The van der Waals surface area contributed by atoms with Gasteiger partial charge in [0.05, 0.1) is 11.7 Å². The molecule has 5 nitrogen and oxygen atoms in total. The highest BCUT2D eigenvalue weighted by molar-refractivity contribution is 5.86. The normalized spacial score (nSPS) is 29.2. The van der Waals surface area contributed by atoms with Crippen molar-refractivity contribution >= 4 is 5.97 Å². The monoisotopic (exact) mass is 237 g/mol.